The maximum absolute atomic E-state index is 5.82. The van der Waals surface area contributed by atoms with Crippen molar-refractivity contribution in [2.24, 2.45) is 5.92 Å². The normalized spacial score (nSPS) is 24.2. The molecule has 1 N–H and O–H groups in total. The number of nitrogens with one attached hydrogen (secondary N) is 1. The summed E-state index contributed by atoms with van der Waals surface area (Å²) in [5, 5.41) is 3.32. The van der Waals surface area contributed by atoms with Crippen LogP contribution in [0.4, 0.5) is 0 Å². The summed E-state index contributed by atoms with van der Waals surface area (Å²) < 4.78 is 16.2. The minimum Gasteiger partial charge on any atom is -0.464 e. The van der Waals surface area contributed by atoms with Crippen molar-refractivity contribution in [2.45, 2.75) is 31.9 Å². The van der Waals surface area contributed by atoms with Gasteiger partial charge < -0.3 is 19.2 Å². The molecule has 1 aromatic rings. The predicted molar refractivity (Wildman–Crippen MR) is 69.6 cm³/mol. The van der Waals surface area contributed by atoms with Crippen LogP contribution in [0.15, 0.2) is 16.5 Å². The fraction of sp³-hybridized carbons (Fsp3) is 0.714. The Bertz CT molecular complexity index is 364. The second-order valence-electron chi connectivity index (χ2n) is 5.07. The molecule has 0 radical (unpaired) electrons. The molecule has 4 heteroatoms. The number of ether oxygens (including phenoxy) is 2. The predicted octanol–water partition coefficient (Wildman–Crippen LogP) is 2.15. The van der Waals surface area contributed by atoms with Gasteiger partial charge in [-0.1, -0.05) is 6.92 Å². The van der Waals surface area contributed by atoms with Crippen LogP contribution in [0.2, 0.25) is 0 Å². The zero-order valence-corrected chi connectivity index (χ0v) is 11.4. The van der Waals surface area contributed by atoms with Crippen LogP contribution in [0.5, 0.6) is 0 Å². The third-order valence-electron chi connectivity index (χ3n) is 3.51. The van der Waals surface area contributed by atoms with Gasteiger partial charge in [-0.05, 0) is 24.5 Å². The molecule has 102 valence electrons. The first-order valence-electron chi connectivity index (χ1n) is 6.55. The lowest BCUT2D eigenvalue weighted by molar-refractivity contribution is 0.0285. The van der Waals surface area contributed by atoms with Gasteiger partial charge in [-0.2, -0.15) is 0 Å². The van der Waals surface area contributed by atoms with Gasteiger partial charge in [0.2, 0.25) is 0 Å². The van der Waals surface area contributed by atoms with E-state index in [0.29, 0.717) is 12.5 Å². The molecule has 0 spiro atoms. The Labute approximate surface area is 109 Å². The van der Waals surface area contributed by atoms with Gasteiger partial charge in [0.05, 0.1) is 19.3 Å². The molecule has 4 nitrogen and oxygen atoms in total. The monoisotopic (exact) mass is 253 g/mol. The molecule has 0 aromatic carbocycles. The lowest BCUT2D eigenvalue weighted by atomic mass is 10.3. The van der Waals surface area contributed by atoms with Crippen LogP contribution in [-0.4, -0.2) is 33.5 Å². The van der Waals surface area contributed by atoms with Crippen molar-refractivity contribution in [3.63, 3.8) is 0 Å². The zero-order chi connectivity index (χ0) is 13.0. The molecule has 1 aromatic heterocycles. The third-order valence-corrected chi connectivity index (χ3v) is 3.51. The molecule has 1 heterocycles. The molecular weight excluding hydrogens is 230 g/mol. The number of hydrogen-bond donors (Lipinski definition) is 1. The van der Waals surface area contributed by atoms with Crippen molar-refractivity contribution in [3.8, 4) is 0 Å². The van der Waals surface area contributed by atoms with E-state index < -0.39 is 0 Å². The quantitative estimate of drug-likeness (QED) is 0.771. The van der Waals surface area contributed by atoms with Gasteiger partial charge in [0.15, 0.2) is 0 Å². The molecule has 2 rings (SSSR count). The zero-order valence-electron chi connectivity index (χ0n) is 11.4. The summed E-state index contributed by atoms with van der Waals surface area (Å²) >= 11 is 0. The van der Waals surface area contributed by atoms with Crippen molar-refractivity contribution in [1.29, 1.82) is 0 Å². The topological polar surface area (TPSA) is 43.6 Å². The van der Waals surface area contributed by atoms with Crippen molar-refractivity contribution in [2.75, 3.05) is 27.4 Å². The first-order chi connectivity index (χ1) is 8.74. The molecule has 0 saturated heterocycles. The maximum Gasteiger partial charge on any atom is 0.117 e. The molecule has 18 heavy (non-hydrogen) atoms. The average Bonchev–Trinajstić information content (AvgIpc) is 2.91. The van der Waals surface area contributed by atoms with E-state index in [1.54, 1.807) is 14.2 Å². The minimum absolute atomic E-state index is 0.0906. The standard InChI is InChI=1S/C14H23NO3/c1-10-6-13(10)14-5-4-11(18-14)7-15-8-12(17-3)9-16-2/h4-5,10,12-13,15H,6-9H2,1-3H3. The highest BCUT2D eigenvalue weighted by molar-refractivity contribution is 5.17. The SMILES string of the molecule is COCC(CNCc1ccc(C2CC2C)o1)OC. The van der Waals surface area contributed by atoms with E-state index >= 15 is 0 Å². The van der Waals surface area contributed by atoms with Crippen LogP contribution in [0.1, 0.15) is 30.8 Å². The van der Waals surface area contributed by atoms with Gasteiger partial charge >= 0.3 is 0 Å². The Kier molecular flexibility index (Phi) is 4.80. The Morgan fingerprint density at radius 2 is 2.22 bits per heavy atom. The maximum atomic E-state index is 5.82. The fourth-order valence-corrected chi connectivity index (χ4v) is 2.16. The number of rotatable bonds is 8. The van der Waals surface area contributed by atoms with E-state index in [-0.39, 0.29) is 6.10 Å². The summed E-state index contributed by atoms with van der Waals surface area (Å²) in [6.45, 7) is 4.37. The van der Waals surface area contributed by atoms with Crippen molar-refractivity contribution < 1.29 is 13.9 Å². The smallest absolute Gasteiger partial charge is 0.117 e. The number of hydrogen-bond acceptors (Lipinski definition) is 4. The first kappa shape index (κ1) is 13.6. The molecule has 1 aliphatic carbocycles. The Hall–Kier alpha value is -0.840. The van der Waals surface area contributed by atoms with Crippen LogP contribution < -0.4 is 5.32 Å². The van der Waals surface area contributed by atoms with E-state index in [1.165, 1.54) is 6.42 Å². The molecule has 1 saturated carbocycles. The van der Waals surface area contributed by atoms with E-state index in [4.69, 9.17) is 13.9 Å². The van der Waals surface area contributed by atoms with Crippen molar-refractivity contribution >= 4 is 0 Å². The first-order valence-corrected chi connectivity index (χ1v) is 6.55. The van der Waals surface area contributed by atoms with Gasteiger partial charge in [-0.3, -0.25) is 0 Å². The molecule has 0 bridgehead atoms. The van der Waals surface area contributed by atoms with Crippen LogP contribution >= 0.6 is 0 Å². The highest BCUT2D eigenvalue weighted by Gasteiger charge is 2.36. The molecule has 1 aliphatic rings. The second-order valence-corrected chi connectivity index (χ2v) is 5.07. The van der Waals surface area contributed by atoms with Crippen LogP contribution in [0.3, 0.4) is 0 Å². The third kappa shape index (κ3) is 3.57. The van der Waals surface area contributed by atoms with Gasteiger partial charge in [0, 0.05) is 26.7 Å². The summed E-state index contributed by atoms with van der Waals surface area (Å²) in [6.07, 6.45) is 1.35. The minimum atomic E-state index is 0.0906. The molecule has 0 amide bonds. The van der Waals surface area contributed by atoms with E-state index in [2.05, 4.69) is 24.4 Å². The molecule has 0 aliphatic heterocycles. The van der Waals surface area contributed by atoms with Crippen molar-refractivity contribution in [3.05, 3.63) is 23.7 Å². The summed E-state index contributed by atoms with van der Waals surface area (Å²) in [5.41, 5.74) is 0. The fourth-order valence-electron chi connectivity index (χ4n) is 2.16. The molecule has 1 fully saturated rings. The molecular formula is C14H23NO3. The Balaban J connectivity index is 1.71. The van der Waals surface area contributed by atoms with Crippen LogP contribution in [-0.2, 0) is 16.0 Å². The number of furan rings is 1. The summed E-state index contributed by atoms with van der Waals surface area (Å²) in [5.74, 6) is 3.58. The summed E-state index contributed by atoms with van der Waals surface area (Å²) in [7, 11) is 3.38. The van der Waals surface area contributed by atoms with Crippen LogP contribution in [0.25, 0.3) is 0 Å². The molecule has 3 unspecified atom stereocenters. The lowest BCUT2D eigenvalue weighted by Gasteiger charge is -2.14. The van der Waals surface area contributed by atoms with Gasteiger partial charge in [-0.25, -0.2) is 0 Å². The van der Waals surface area contributed by atoms with Gasteiger partial charge in [-0.15, -0.1) is 0 Å². The van der Waals surface area contributed by atoms with Crippen molar-refractivity contribution in [1.82, 2.24) is 5.32 Å². The average molecular weight is 253 g/mol. The highest BCUT2D eigenvalue weighted by atomic mass is 16.5. The van der Waals surface area contributed by atoms with Gasteiger partial charge in [0.1, 0.15) is 11.5 Å². The summed E-state index contributed by atoms with van der Waals surface area (Å²) in [6, 6.07) is 4.17. The lowest BCUT2D eigenvalue weighted by Crippen LogP contribution is -2.31. The largest absolute Gasteiger partial charge is 0.464 e. The highest BCUT2D eigenvalue weighted by Crippen LogP contribution is 2.47. The Morgan fingerprint density at radius 1 is 1.44 bits per heavy atom. The molecule has 3 atom stereocenters. The van der Waals surface area contributed by atoms with Crippen LogP contribution in [0, 0.1) is 5.92 Å². The summed E-state index contributed by atoms with van der Waals surface area (Å²) in [4.78, 5) is 0. The van der Waals surface area contributed by atoms with E-state index in [9.17, 15) is 0 Å². The second kappa shape index (κ2) is 6.36. The van der Waals surface area contributed by atoms with E-state index in [0.717, 1.165) is 30.5 Å². The number of methoxy groups -OCH3 is 2. The van der Waals surface area contributed by atoms with Gasteiger partial charge in [0.25, 0.3) is 0 Å². The van der Waals surface area contributed by atoms with E-state index in [1.807, 2.05) is 0 Å². The Morgan fingerprint density at radius 3 is 2.83 bits per heavy atom.